The van der Waals surface area contributed by atoms with E-state index < -0.39 is 0 Å². The second-order valence-electron chi connectivity index (χ2n) is 5.53. The molecule has 0 amide bonds. The van der Waals surface area contributed by atoms with E-state index in [1.165, 1.54) is 0 Å². The second kappa shape index (κ2) is 4.79. The Morgan fingerprint density at radius 2 is 1.94 bits per heavy atom. The van der Waals surface area contributed by atoms with Crippen molar-refractivity contribution in [1.29, 1.82) is 0 Å². The predicted octanol–water partition coefficient (Wildman–Crippen LogP) is 3.49. The van der Waals surface area contributed by atoms with Gasteiger partial charge in [0.25, 0.3) is 0 Å². The fraction of sp³-hybridized carbons (Fsp3) is 0.533. The van der Waals surface area contributed by atoms with Gasteiger partial charge in [-0.1, -0.05) is 40.5 Å². The molecule has 0 saturated heterocycles. The van der Waals surface area contributed by atoms with E-state index in [0.717, 1.165) is 16.8 Å². The van der Waals surface area contributed by atoms with Gasteiger partial charge in [-0.05, 0) is 17.5 Å². The highest BCUT2D eigenvalue weighted by atomic mass is 16.5. The summed E-state index contributed by atoms with van der Waals surface area (Å²) < 4.78 is 5.31. The Balaban J connectivity index is 3.53. The first kappa shape index (κ1) is 13.6. The molecular weight excluding hydrogens is 210 g/mol. The highest BCUT2D eigenvalue weighted by molar-refractivity contribution is 5.49. The molecule has 1 rings (SSSR count). The maximum atomic E-state index is 5.55. The number of hydrogen-bond acceptors (Lipinski definition) is 2. The van der Waals surface area contributed by atoms with Gasteiger partial charge in [0.05, 0.1) is 18.4 Å². The summed E-state index contributed by atoms with van der Waals surface area (Å²) in [6, 6.07) is 2.10. The smallest absolute Gasteiger partial charge is 0.229 e. The molecule has 92 valence electrons. The molecule has 17 heavy (non-hydrogen) atoms. The van der Waals surface area contributed by atoms with Gasteiger partial charge in [-0.3, -0.25) is 0 Å². The van der Waals surface area contributed by atoms with Gasteiger partial charge in [0, 0.05) is 5.41 Å². The minimum absolute atomic E-state index is 0.00987. The van der Waals surface area contributed by atoms with Crippen molar-refractivity contribution in [3.8, 4) is 18.2 Å². The minimum Gasteiger partial charge on any atom is -0.480 e. The van der Waals surface area contributed by atoms with Crippen LogP contribution >= 0.6 is 0 Å². The van der Waals surface area contributed by atoms with Gasteiger partial charge in [-0.15, -0.1) is 6.42 Å². The van der Waals surface area contributed by atoms with Gasteiger partial charge in [0.15, 0.2) is 0 Å². The van der Waals surface area contributed by atoms with Gasteiger partial charge in [0.2, 0.25) is 5.88 Å². The maximum Gasteiger partial charge on any atom is 0.229 e. The molecule has 0 saturated carbocycles. The molecule has 1 aromatic heterocycles. The molecule has 0 atom stereocenters. The van der Waals surface area contributed by atoms with E-state index in [9.17, 15) is 0 Å². The lowest BCUT2D eigenvalue weighted by Gasteiger charge is -2.22. The van der Waals surface area contributed by atoms with Crippen LogP contribution < -0.4 is 4.74 Å². The van der Waals surface area contributed by atoms with Crippen LogP contribution in [0.15, 0.2) is 6.07 Å². The van der Waals surface area contributed by atoms with Crippen molar-refractivity contribution in [3.05, 3.63) is 22.9 Å². The van der Waals surface area contributed by atoms with Crippen molar-refractivity contribution in [2.45, 2.75) is 46.0 Å². The van der Waals surface area contributed by atoms with Crippen molar-refractivity contribution in [2.24, 2.45) is 0 Å². The lowest BCUT2D eigenvalue weighted by Crippen LogP contribution is -2.16. The van der Waals surface area contributed by atoms with E-state index in [-0.39, 0.29) is 5.41 Å². The monoisotopic (exact) mass is 231 g/mol. The molecule has 0 bridgehead atoms. The first-order chi connectivity index (χ1) is 7.81. The molecule has 2 nitrogen and oxygen atoms in total. The summed E-state index contributed by atoms with van der Waals surface area (Å²) >= 11 is 0. The minimum atomic E-state index is -0.00987. The van der Waals surface area contributed by atoms with Crippen LogP contribution in [0.5, 0.6) is 5.88 Å². The number of rotatable bonds is 2. The molecule has 0 unspecified atom stereocenters. The number of pyridine rings is 1. The largest absolute Gasteiger partial charge is 0.480 e. The van der Waals surface area contributed by atoms with Crippen LogP contribution in [0.25, 0.3) is 0 Å². The summed E-state index contributed by atoms with van der Waals surface area (Å²) in [7, 11) is 1.61. The summed E-state index contributed by atoms with van der Waals surface area (Å²) in [4.78, 5) is 4.51. The van der Waals surface area contributed by atoms with Crippen molar-refractivity contribution in [1.82, 2.24) is 4.98 Å². The number of ether oxygens (including phenoxy) is 1. The molecule has 0 aliphatic carbocycles. The van der Waals surface area contributed by atoms with Crippen molar-refractivity contribution in [2.75, 3.05) is 7.11 Å². The molecule has 0 spiro atoms. The number of aromatic nitrogens is 1. The van der Waals surface area contributed by atoms with E-state index in [1.807, 2.05) is 0 Å². The van der Waals surface area contributed by atoms with Crippen LogP contribution in [0.3, 0.4) is 0 Å². The van der Waals surface area contributed by atoms with E-state index >= 15 is 0 Å². The van der Waals surface area contributed by atoms with Crippen LogP contribution in [0.2, 0.25) is 0 Å². The summed E-state index contributed by atoms with van der Waals surface area (Å²) in [6.45, 7) is 10.7. The third kappa shape index (κ3) is 2.79. The molecule has 0 aliphatic rings. The molecule has 0 aromatic carbocycles. The van der Waals surface area contributed by atoms with Gasteiger partial charge >= 0.3 is 0 Å². The zero-order valence-corrected chi connectivity index (χ0v) is 11.6. The second-order valence-corrected chi connectivity index (χ2v) is 5.53. The zero-order chi connectivity index (χ0) is 13.2. The Labute approximate surface area is 104 Å². The maximum absolute atomic E-state index is 5.55. The summed E-state index contributed by atoms with van der Waals surface area (Å²) in [5.41, 5.74) is 2.90. The normalized spacial score (nSPS) is 11.4. The standard InChI is InChI=1S/C15H21NO/c1-8-11-12(10(2)3)9-13(15(4,5)6)16-14(11)17-7/h1,9-10H,2-7H3. The zero-order valence-electron chi connectivity index (χ0n) is 11.6. The fourth-order valence-electron chi connectivity index (χ4n) is 1.67. The Kier molecular flexibility index (Phi) is 3.83. The van der Waals surface area contributed by atoms with E-state index in [0.29, 0.717) is 11.8 Å². The molecule has 0 radical (unpaired) electrons. The Hall–Kier alpha value is -1.49. The number of hydrogen-bond donors (Lipinski definition) is 0. The van der Waals surface area contributed by atoms with Crippen molar-refractivity contribution < 1.29 is 4.74 Å². The lowest BCUT2D eigenvalue weighted by atomic mass is 9.88. The summed E-state index contributed by atoms with van der Waals surface area (Å²) in [6.07, 6.45) is 5.55. The first-order valence-corrected chi connectivity index (χ1v) is 5.87. The lowest BCUT2D eigenvalue weighted by molar-refractivity contribution is 0.389. The number of nitrogens with zero attached hydrogens (tertiary/aromatic N) is 1. The predicted molar refractivity (Wildman–Crippen MR) is 71.5 cm³/mol. The van der Waals surface area contributed by atoms with E-state index in [1.54, 1.807) is 7.11 Å². The van der Waals surface area contributed by atoms with Gasteiger partial charge in [-0.2, -0.15) is 0 Å². The Bertz CT molecular complexity index is 447. The van der Waals surface area contributed by atoms with Gasteiger partial charge in [0.1, 0.15) is 0 Å². The van der Waals surface area contributed by atoms with Gasteiger partial charge in [-0.25, -0.2) is 4.98 Å². The van der Waals surface area contributed by atoms with Crippen LogP contribution in [0.1, 0.15) is 57.4 Å². The Morgan fingerprint density at radius 3 is 2.29 bits per heavy atom. The average Bonchev–Trinajstić information content (AvgIpc) is 2.25. The fourth-order valence-corrected chi connectivity index (χ4v) is 1.67. The molecule has 1 heterocycles. The van der Waals surface area contributed by atoms with Crippen molar-refractivity contribution in [3.63, 3.8) is 0 Å². The topological polar surface area (TPSA) is 22.1 Å². The van der Waals surface area contributed by atoms with Crippen LogP contribution in [0, 0.1) is 12.3 Å². The highest BCUT2D eigenvalue weighted by Gasteiger charge is 2.21. The van der Waals surface area contributed by atoms with Crippen molar-refractivity contribution >= 4 is 0 Å². The first-order valence-electron chi connectivity index (χ1n) is 5.87. The van der Waals surface area contributed by atoms with E-state index in [2.05, 4.69) is 51.6 Å². The van der Waals surface area contributed by atoms with E-state index in [4.69, 9.17) is 11.2 Å². The van der Waals surface area contributed by atoms with Crippen LogP contribution in [0.4, 0.5) is 0 Å². The van der Waals surface area contributed by atoms with Crippen LogP contribution in [-0.4, -0.2) is 12.1 Å². The molecule has 2 heteroatoms. The SMILES string of the molecule is C#Cc1c(C(C)C)cc(C(C)(C)C)nc1OC. The number of methoxy groups -OCH3 is 1. The molecule has 0 aliphatic heterocycles. The Morgan fingerprint density at radius 1 is 1.35 bits per heavy atom. The summed E-state index contributed by atoms with van der Waals surface area (Å²) in [5.74, 6) is 3.61. The molecule has 0 fully saturated rings. The summed E-state index contributed by atoms with van der Waals surface area (Å²) in [5, 5.41) is 0. The average molecular weight is 231 g/mol. The van der Waals surface area contributed by atoms with Gasteiger partial charge < -0.3 is 4.74 Å². The van der Waals surface area contributed by atoms with Crippen LogP contribution in [-0.2, 0) is 5.41 Å². The third-order valence-electron chi connectivity index (χ3n) is 2.74. The molecule has 1 aromatic rings. The molecule has 0 N–H and O–H groups in total. The quantitative estimate of drug-likeness (QED) is 0.727. The molecular formula is C15H21NO. The third-order valence-corrected chi connectivity index (χ3v) is 2.74. The number of terminal acetylenes is 1. The highest BCUT2D eigenvalue weighted by Crippen LogP contribution is 2.31.